The second-order valence-electron chi connectivity index (χ2n) is 5.24. The maximum atomic E-state index is 9.78. The normalized spacial score (nSPS) is 17.9. The second-order valence-corrected chi connectivity index (χ2v) is 5.24. The van der Waals surface area contributed by atoms with Crippen LogP contribution in [0.5, 0.6) is 0 Å². The quantitative estimate of drug-likeness (QED) is 0.562. The molecule has 8 nitrogen and oxygen atoms in total. The van der Waals surface area contributed by atoms with Crippen molar-refractivity contribution in [3.8, 4) is 0 Å². The molecule has 1 saturated heterocycles. The van der Waals surface area contributed by atoms with E-state index in [4.69, 9.17) is 5.11 Å². The minimum atomic E-state index is -1.21. The number of nitrogens with zero attached hydrogens (tertiary/aromatic N) is 4. The Balaban J connectivity index is 2.13. The number of aromatic nitrogens is 3. The molecule has 1 fully saturated rings. The zero-order chi connectivity index (χ0) is 14.6. The smallest absolute Gasteiger partial charge is 0.231 e. The topological polar surface area (TPSA) is 106 Å². The highest BCUT2D eigenvalue weighted by atomic mass is 16.3. The molecule has 0 saturated carbocycles. The summed E-state index contributed by atoms with van der Waals surface area (Å²) in [6.45, 7) is 3.27. The van der Waals surface area contributed by atoms with Crippen molar-refractivity contribution in [3.63, 3.8) is 0 Å². The lowest BCUT2D eigenvalue weighted by atomic mass is 10.1. The molecule has 0 radical (unpaired) electrons. The Morgan fingerprint density at radius 3 is 2.45 bits per heavy atom. The number of hydrogen-bond acceptors (Lipinski definition) is 8. The Morgan fingerprint density at radius 1 is 1.20 bits per heavy atom. The molecule has 1 aliphatic rings. The van der Waals surface area contributed by atoms with Gasteiger partial charge in [0.25, 0.3) is 0 Å². The van der Waals surface area contributed by atoms with Crippen molar-refractivity contribution in [1.82, 2.24) is 15.0 Å². The van der Waals surface area contributed by atoms with Crippen LogP contribution in [0, 0.1) is 0 Å². The van der Waals surface area contributed by atoms with Crippen LogP contribution in [-0.2, 0) is 0 Å². The van der Waals surface area contributed by atoms with Gasteiger partial charge in [-0.25, -0.2) is 0 Å². The Morgan fingerprint density at radius 2 is 1.85 bits per heavy atom. The highest BCUT2D eigenvalue weighted by Crippen LogP contribution is 2.18. The van der Waals surface area contributed by atoms with Crippen molar-refractivity contribution in [2.45, 2.75) is 25.4 Å². The van der Waals surface area contributed by atoms with E-state index in [-0.39, 0.29) is 13.2 Å². The molecule has 2 rings (SSSR count). The van der Waals surface area contributed by atoms with Crippen molar-refractivity contribution < 1.29 is 10.2 Å². The van der Waals surface area contributed by atoms with Crippen LogP contribution in [0.2, 0.25) is 0 Å². The lowest BCUT2D eigenvalue weighted by Gasteiger charge is -2.21. The molecule has 0 aromatic carbocycles. The van der Waals surface area contributed by atoms with E-state index in [1.165, 1.54) is 0 Å². The summed E-state index contributed by atoms with van der Waals surface area (Å²) < 4.78 is 0. The third kappa shape index (κ3) is 3.67. The second kappa shape index (κ2) is 6.19. The van der Waals surface area contributed by atoms with Gasteiger partial charge in [0.2, 0.25) is 17.8 Å². The molecule has 2 heterocycles. The van der Waals surface area contributed by atoms with E-state index in [0.29, 0.717) is 17.8 Å². The molecule has 112 valence electrons. The SMILES string of the molecule is CNc1nc(NCC(C)(O)CO)nc(N2CCCC2)n1. The molecule has 1 aromatic heterocycles. The zero-order valence-corrected chi connectivity index (χ0v) is 11.9. The first-order chi connectivity index (χ1) is 9.54. The van der Waals surface area contributed by atoms with E-state index in [1.807, 2.05) is 0 Å². The maximum Gasteiger partial charge on any atom is 0.231 e. The van der Waals surface area contributed by atoms with Crippen LogP contribution >= 0.6 is 0 Å². The van der Waals surface area contributed by atoms with Gasteiger partial charge in [0.05, 0.1) is 6.61 Å². The van der Waals surface area contributed by atoms with Crippen LogP contribution in [0.4, 0.5) is 17.8 Å². The Kier molecular flexibility index (Phi) is 4.56. The first-order valence-corrected chi connectivity index (χ1v) is 6.80. The van der Waals surface area contributed by atoms with Crippen LogP contribution in [-0.4, -0.2) is 64.1 Å². The third-order valence-electron chi connectivity index (χ3n) is 3.20. The Hall–Kier alpha value is -1.67. The van der Waals surface area contributed by atoms with Gasteiger partial charge in [-0.05, 0) is 19.8 Å². The minimum Gasteiger partial charge on any atom is -0.393 e. The number of aliphatic hydroxyl groups is 2. The number of anilines is 3. The molecule has 1 unspecified atom stereocenters. The average Bonchev–Trinajstić information content (AvgIpc) is 2.99. The fraction of sp³-hybridized carbons (Fsp3) is 0.750. The molecule has 0 bridgehead atoms. The number of rotatable bonds is 6. The van der Waals surface area contributed by atoms with Gasteiger partial charge in [-0.1, -0.05) is 0 Å². The average molecular weight is 282 g/mol. The van der Waals surface area contributed by atoms with Gasteiger partial charge < -0.3 is 25.7 Å². The van der Waals surface area contributed by atoms with Crippen molar-refractivity contribution >= 4 is 17.8 Å². The van der Waals surface area contributed by atoms with Crippen LogP contribution in [0.15, 0.2) is 0 Å². The molecule has 4 N–H and O–H groups in total. The Labute approximate surface area is 118 Å². The maximum absolute atomic E-state index is 9.78. The number of hydrogen-bond donors (Lipinski definition) is 4. The standard InChI is InChI=1S/C12H22N6O2/c1-12(20,8-19)7-14-10-15-9(13-2)16-11(17-10)18-5-3-4-6-18/h19-20H,3-8H2,1-2H3,(H2,13,14,15,16,17). The summed E-state index contributed by atoms with van der Waals surface area (Å²) in [7, 11) is 1.75. The third-order valence-corrected chi connectivity index (χ3v) is 3.20. The molecule has 0 spiro atoms. The van der Waals surface area contributed by atoms with Gasteiger partial charge in [0.1, 0.15) is 5.60 Å². The Bertz CT molecular complexity index is 448. The van der Waals surface area contributed by atoms with E-state index in [0.717, 1.165) is 25.9 Å². The first kappa shape index (κ1) is 14.7. The van der Waals surface area contributed by atoms with Gasteiger partial charge in [-0.2, -0.15) is 15.0 Å². The summed E-state index contributed by atoms with van der Waals surface area (Å²) >= 11 is 0. The van der Waals surface area contributed by atoms with Gasteiger partial charge in [-0.15, -0.1) is 0 Å². The van der Waals surface area contributed by atoms with Gasteiger partial charge in [0, 0.05) is 26.7 Å². The largest absolute Gasteiger partial charge is 0.393 e. The molecule has 1 atom stereocenters. The van der Waals surface area contributed by atoms with Crippen LogP contribution in [0.25, 0.3) is 0 Å². The van der Waals surface area contributed by atoms with Crippen molar-refractivity contribution in [3.05, 3.63) is 0 Å². The predicted octanol–water partition coefficient (Wildman–Crippen LogP) is -0.331. The molecule has 8 heteroatoms. The molecule has 1 aliphatic heterocycles. The van der Waals surface area contributed by atoms with Crippen molar-refractivity contribution in [2.75, 3.05) is 48.8 Å². The van der Waals surface area contributed by atoms with Gasteiger partial charge >= 0.3 is 0 Å². The lowest BCUT2D eigenvalue weighted by Crippen LogP contribution is -2.37. The summed E-state index contributed by atoms with van der Waals surface area (Å²) in [6, 6.07) is 0. The van der Waals surface area contributed by atoms with Gasteiger partial charge in [-0.3, -0.25) is 0 Å². The van der Waals surface area contributed by atoms with E-state index in [2.05, 4.69) is 30.5 Å². The molecular formula is C12H22N6O2. The lowest BCUT2D eigenvalue weighted by molar-refractivity contribution is 0.0131. The molecule has 0 amide bonds. The summed E-state index contributed by atoms with van der Waals surface area (Å²) in [5.74, 6) is 1.50. The highest BCUT2D eigenvalue weighted by Gasteiger charge is 2.21. The van der Waals surface area contributed by atoms with Crippen molar-refractivity contribution in [2.24, 2.45) is 0 Å². The summed E-state index contributed by atoms with van der Waals surface area (Å²) in [6.07, 6.45) is 2.28. The molecule has 20 heavy (non-hydrogen) atoms. The molecular weight excluding hydrogens is 260 g/mol. The molecule has 1 aromatic rings. The summed E-state index contributed by atoms with van der Waals surface area (Å²) in [4.78, 5) is 15.0. The number of aliphatic hydroxyl groups excluding tert-OH is 1. The van der Waals surface area contributed by atoms with Crippen LogP contribution in [0.3, 0.4) is 0 Å². The summed E-state index contributed by atoms with van der Waals surface area (Å²) in [5, 5.41) is 24.7. The first-order valence-electron chi connectivity index (χ1n) is 6.80. The van der Waals surface area contributed by atoms with E-state index >= 15 is 0 Å². The molecule has 0 aliphatic carbocycles. The van der Waals surface area contributed by atoms with Crippen LogP contribution in [0.1, 0.15) is 19.8 Å². The van der Waals surface area contributed by atoms with Crippen LogP contribution < -0.4 is 15.5 Å². The number of nitrogens with one attached hydrogen (secondary N) is 2. The van der Waals surface area contributed by atoms with E-state index in [9.17, 15) is 5.11 Å². The predicted molar refractivity (Wildman–Crippen MR) is 77.0 cm³/mol. The fourth-order valence-electron chi connectivity index (χ4n) is 1.94. The highest BCUT2D eigenvalue weighted by molar-refractivity contribution is 5.44. The van der Waals surface area contributed by atoms with Gasteiger partial charge in [0.15, 0.2) is 0 Å². The van der Waals surface area contributed by atoms with E-state index in [1.54, 1.807) is 14.0 Å². The fourth-order valence-corrected chi connectivity index (χ4v) is 1.94. The zero-order valence-electron chi connectivity index (χ0n) is 11.9. The summed E-state index contributed by atoms with van der Waals surface area (Å²) in [5.41, 5.74) is -1.21. The van der Waals surface area contributed by atoms with E-state index < -0.39 is 5.60 Å². The monoisotopic (exact) mass is 282 g/mol. The van der Waals surface area contributed by atoms with Crippen molar-refractivity contribution in [1.29, 1.82) is 0 Å². The minimum absolute atomic E-state index is 0.163.